The zero-order chi connectivity index (χ0) is 18.2. The van der Waals surface area contributed by atoms with Crippen LogP contribution in [0.25, 0.3) is 4.85 Å². The van der Waals surface area contributed by atoms with Gasteiger partial charge in [0, 0.05) is 6.54 Å². The Balaban J connectivity index is 1.72. The first-order chi connectivity index (χ1) is 11.8. The molecule has 0 aromatic heterocycles. The largest absolute Gasteiger partial charge is 0.444 e. The van der Waals surface area contributed by atoms with Crippen molar-refractivity contribution in [2.75, 3.05) is 6.54 Å². The Labute approximate surface area is 150 Å². The molecule has 3 fully saturated rings. The second kappa shape index (κ2) is 6.86. The molecule has 1 heterocycles. The van der Waals surface area contributed by atoms with Gasteiger partial charge in [0.15, 0.2) is 0 Å². The van der Waals surface area contributed by atoms with Gasteiger partial charge in [-0.3, -0.25) is 14.5 Å². The first-order valence-electron chi connectivity index (χ1n) is 9.46. The third-order valence-corrected chi connectivity index (χ3v) is 5.59. The lowest BCUT2D eigenvalue weighted by Gasteiger charge is -2.33. The van der Waals surface area contributed by atoms with Crippen LogP contribution in [0.15, 0.2) is 0 Å². The molecule has 138 valence electrons. The molecule has 0 aromatic carbocycles. The Morgan fingerprint density at radius 3 is 2.52 bits per heavy atom. The van der Waals surface area contributed by atoms with Crippen molar-refractivity contribution in [3.8, 4) is 0 Å². The molecule has 2 amide bonds. The number of hydrogen-bond acceptors (Lipinski definition) is 3. The van der Waals surface area contributed by atoms with E-state index in [1.54, 1.807) is 4.90 Å². The number of rotatable bonds is 3. The molecule has 3 aliphatic rings. The molecule has 2 saturated carbocycles. The quantitative estimate of drug-likeness (QED) is 0.798. The number of alkyl carbamates (subject to hydrolysis) is 1. The first-order valence-corrected chi connectivity index (χ1v) is 9.46. The van der Waals surface area contributed by atoms with Gasteiger partial charge >= 0.3 is 12.3 Å². The third-order valence-electron chi connectivity index (χ3n) is 5.59. The summed E-state index contributed by atoms with van der Waals surface area (Å²) >= 11 is 0. The van der Waals surface area contributed by atoms with E-state index in [0.717, 1.165) is 32.1 Å². The summed E-state index contributed by atoms with van der Waals surface area (Å²) in [7, 11) is 0. The van der Waals surface area contributed by atoms with Crippen LogP contribution < -0.4 is 5.32 Å². The van der Waals surface area contributed by atoms with E-state index < -0.39 is 17.7 Å². The van der Waals surface area contributed by atoms with Crippen molar-refractivity contribution in [2.24, 2.45) is 17.8 Å². The number of carbonyl (C=O) groups is 2. The third kappa shape index (κ3) is 4.08. The molecular formula is C19H29N3O3. The van der Waals surface area contributed by atoms with Gasteiger partial charge in [-0.05, 0) is 51.9 Å². The van der Waals surface area contributed by atoms with Crippen LogP contribution in [0.4, 0.5) is 4.79 Å². The predicted molar refractivity (Wildman–Crippen MR) is 93.4 cm³/mol. The Bertz CT molecular complexity index is 571. The van der Waals surface area contributed by atoms with E-state index in [9.17, 15) is 9.59 Å². The summed E-state index contributed by atoms with van der Waals surface area (Å²) in [4.78, 5) is 30.9. The number of carbonyl (C=O) groups excluding carboxylic acids is 2. The summed E-state index contributed by atoms with van der Waals surface area (Å²) in [5, 5.41) is 2.84. The summed E-state index contributed by atoms with van der Waals surface area (Å²) < 4.78 is 5.37. The van der Waals surface area contributed by atoms with Crippen LogP contribution in [-0.2, 0) is 9.53 Å². The van der Waals surface area contributed by atoms with Crippen LogP contribution >= 0.6 is 0 Å². The molecule has 6 heteroatoms. The maximum Gasteiger partial charge on any atom is 0.408 e. The van der Waals surface area contributed by atoms with E-state index in [1.807, 2.05) is 20.8 Å². The normalized spacial score (nSPS) is 30.2. The summed E-state index contributed by atoms with van der Waals surface area (Å²) in [5.74, 6) is 0.870. The maximum atomic E-state index is 13.2. The number of amides is 2. The van der Waals surface area contributed by atoms with Crippen LogP contribution in [0, 0.1) is 24.3 Å². The lowest BCUT2D eigenvalue weighted by molar-refractivity contribution is -0.136. The molecule has 0 bridgehead atoms. The van der Waals surface area contributed by atoms with Gasteiger partial charge in [0.25, 0.3) is 5.91 Å². The second-order valence-corrected chi connectivity index (χ2v) is 8.71. The molecule has 6 nitrogen and oxygen atoms in total. The Hall–Kier alpha value is -1.77. The van der Waals surface area contributed by atoms with Crippen LogP contribution in [0.1, 0.15) is 59.3 Å². The monoisotopic (exact) mass is 347 g/mol. The van der Waals surface area contributed by atoms with E-state index in [4.69, 9.17) is 11.3 Å². The molecule has 3 rings (SSSR count). The molecule has 1 aliphatic heterocycles. The number of fused-ring (bicyclic) bond motifs is 1. The van der Waals surface area contributed by atoms with Gasteiger partial charge in [0.2, 0.25) is 0 Å². The standard InChI is InChI=1S/C19H29N3O3/c1-19(2,3)25-18(24)21-15(12-8-6-5-7-9-12)17(23)22-11-13-10-14(13)16(22)20-4/h12-16H,5-11H2,1-3H3,(H,21,24)/t13-,14-,15-,16?/m0/s1. The van der Waals surface area contributed by atoms with Gasteiger partial charge in [-0.15, -0.1) is 0 Å². The molecule has 1 unspecified atom stereocenters. The van der Waals surface area contributed by atoms with Crippen molar-refractivity contribution in [1.29, 1.82) is 0 Å². The van der Waals surface area contributed by atoms with Crippen molar-refractivity contribution < 1.29 is 14.3 Å². The maximum absolute atomic E-state index is 13.2. The van der Waals surface area contributed by atoms with Crippen molar-refractivity contribution in [3.63, 3.8) is 0 Å². The molecular weight excluding hydrogens is 318 g/mol. The van der Waals surface area contributed by atoms with E-state index >= 15 is 0 Å². The number of piperidine rings is 1. The van der Waals surface area contributed by atoms with E-state index in [2.05, 4.69) is 10.2 Å². The summed E-state index contributed by atoms with van der Waals surface area (Å²) in [6.07, 6.45) is 5.41. The predicted octanol–water partition coefficient (Wildman–Crippen LogP) is 3.18. The van der Waals surface area contributed by atoms with Crippen LogP contribution in [-0.4, -0.2) is 41.3 Å². The van der Waals surface area contributed by atoms with E-state index in [1.165, 1.54) is 6.42 Å². The van der Waals surface area contributed by atoms with Crippen molar-refractivity contribution in [1.82, 2.24) is 10.2 Å². The van der Waals surface area contributed by atoms with Gasteiger partial charge in [0.1, 0.15) is 11.6 Å². The van der Waals surface area contributed by atoms with Crippen molar-refractivity contribution >= 4 is 12.0 Å². The highest BCUT2D eigenvalue weighted by atomic mass is 16.6. The number of nitrogens with one attached hydrogen (secondary N) is 1. The summed E-state index contributed by atoms with van der Waals surface area (Å²) in [6, 6.07) is -0.572. The molecule has 2 aliphatic carbocycles. The lowest BCUT2D eigenvalue weighted by Crippen LogP contribution is -2.54. The lowest BCUT2D eigenvalue weighted by atomic mass is 9.83. The van der Waals surface area contributed by atoms with Gasteiger partial charge < -0.3 is 10.1 Å². The van der Waals surface area contributed by atoms with Gasteiger partial charge in [0.05, 0.1) is 5.92 Å². The van der Waals surface area contributed by atoms with Crippen molar-refractivity contribution in [2.45, 2.75) is 77.1 Å². The summed E-state index contributed by atoms with van der Waals surface area (Å²) in [5.41, 5.74) is -0.599. The Morgan fingerprint density at radius 2 is 1.92 bits per heavy atom. The fourth-order valence-electron chi connectivity index (χ4n) is 4.29. The SMILES string of the molecule is [C-]#[N+]C1[C@H]2C[C@H]2CN1C(=O)[C@@H](NC(=O)OC(C)(C)C)C1CCCCC1. The van der Waals surface area contributed by atoms with Crippen LogP contribution in [0.3, 0.4) is 0 Å². The molecule has 0 radical (unpaired) electrons. The molecule has 0 spiro atoms. The topological polar surface area (TPSA) is 63.0 Å². The smallest absolute Gasteiger partial charge is 0.408 e. The molecule has 4 atom stereocenters. The van der Waals surface area contributed by atoms with E-state index in [0.29, 0.717) is 18.4 Å². The van der Waals surface area contributed by atoms with Gasteiger partial charge in [-0.25, -0.2) is 11.4 Å². The fourth-order valence-corrected chi connectivity index (χ4v) is 4.29. The Kier molecular flexibility index (Phi) is 4.95. The Morgan fingerprint density at radius 1 is 1.24 bits per heavy atom. The summed E-state index contributed by atoms with van der Waals surface area (Å²) in [6.45, 7) is 13.5. The van der Waals surface area contributed by atoms with Crippen LogP contribution in [0.2, 0.25) is 0 Å². The van der Waals surface area contributed by atoms with Gasteiger partial charge in [-0.1, -0.05) is 19.3 Å². The minimum atomic E-state index is -0.599. The second-order valence-electron chi connectivity index (χ2n) is 8.71. The highest BCUT2D eigenvalue weighted by molar-refractivity contribution is 5.87. The number of nitrogens with zero attached hydrogens (tertiary/aromatic N) is 2. The molecule has 25 heavy (non-hydrogen) atoms. The highest BCUT2D eigenvalue weighted by Crippen LogP contribution is 2.50. The number of likely N-dealkylation sites (tertiary alicyclic amines) is 1. The van der Waals surface area contributed by atoms with Crippen molar-refractivity contribution in [3.05, 3.63) is 11.4 Å². The zero-order valence-corrected chi connectivity index (χ0v) is 15.5. The minimum Gasteiger partial charge on any atom is -0.444 e. The molecule has 0 aromatic rings. The van der Waals surface area contributed by atoms with Gasteiger partial charge in [-0.2, -0.15) is 0 Å². The first kappa shape index (κ1) is 18.0. The molecule has 1 saturated heterocycles. The molecule has 1 N–H and O–H groups in total. The van der Waals surface area contributed by atoms with Crippen LogP contribution in [0.5, 0.6) is 0 Å². The minimum absolute atomic E-state index is 0.0917. The number of ether oxygens (including phenoxy) is 1. The highest BCUT2D eigenvalue weighted by Gasteiger charge is 2.59. The average molecular weight is 347 g/mol. The zero-order valence-electron chi connectivity index (χ0n) is 15.5. The number of hydrogen-bond donors (Lipinski definition) is 1. The van der Waals surface area contributed by atoms with E-state index in [-0.39, 0.29) is 18.0 Å². The average Bonchev–Trinajstić information content (AvgIpc) is 3.22. The fraction of sp³-hybridized carbons (Fsp3) is 0.842.